The average Bonchev–Trinajstić information content (AvgIpc) is 2.79. The van der Waals surface area contributed by atoms with Gasteiger partial charge in [-0.1, -0.05) is 6.07 Å². The van der Waals surface area contributed by atoms with Crippen LogP contribution < -0.4 is 0 Å². The third kappa shape index (κ3) is 1.76. The number of nitriles is 1. The van der Waals surface area contributed by atoms with Crippen LogP contribution in [0.25, 0.3) is 16.9 Å². The zero-order valence-corrected chi connectivity index (χ0v) is 10.3. The lowest BCUT2D eigenvalue weighted by molar-refractivity contribution is 0.628. The molecule has 2 aromatic heterocycles. The van der Waals surface area contributed by atoms with E-state index in [2.05, 4.69) is 11.1 Å². The molecule has 0 N–H and O–H groups in total. The maximum absolute atomic E-state index is 13.0. The molecule has 3 nitrogen and oxygen atoms in total. The number of imidazole rings is 1. The third-order valence-electron chi connectivity index (χ3n) is 3.06. The Hall–Kier alpha value is -2.67. The van der Waals surface area contributed by atoms with Crippen LogP contribution in [0.2, 0.25) is 0 Å². The lowest BCUT2D eigenvalue weighted by Crippen LogP contribution is -1.93. The molecule has 3 rings (SSSR count). The van der Waals surface area contributed by atoms with E-state index in [1.54, 1.807) is 16.5 Å². The minimum absolute atomic E-state index is 0.304. The molecule has 0 radical (unpaired) electrons. The molecule has 0 unspecified atom stereocenters. The predicted octanol–water partition coefficient (Wildman–Crippen LogP) is 3.32. The van der Waals surface area contributed by atoms with Crippen molar-refractivity contribution in [2.45, 2.75) is 6.92 Å². The van der Waals surface area contributed by atoms with E-state index in [0.717, 1.165) is 16.9 Å². The Balaban J connectivity index is 2.33. The van der Waals surface area contributed by atoms with Crippen LogP contribution in [0.15, 0.2) is 42.5 Å². The van der Waals surface area contributed by atoms with Crippen molar-refractivity contribution in [3.8, 4) is 17.3 Å². The smallest absolute Gasteiger partial charge is 0.152 e. The zero-order valence-electron chi connectivity index (χ0n) is 10.3. The molecule has 0 fully saturated rings. The molecular weight excluding hydrogens is 241 g/mol. The van der Waals surface area contributed by atoms with E-state index in [4.69, 9.17) is 0 Å². The van der Waals surface area contributed by atoms with Crippen molar-refractivity contribution in [3.05, 3.63) is 59.7 Å². The van der Waals surface area contributed by atoms with E-state index in [-0.39, 0.29) is 5.82 Å². The fourth-order valence-corrected chi connectivity index (χ4v) is 2.17. The van der Waals surface area contributed by atoms with Gasteiger partial charge in [0.25, 0.3) is 0 Å². The molecule has 0 aliphatic heterocycles. The number of aryl methyl sites for hydroxylation is 1. The van der Waals surface area contributed by atoms with Gasteiger partial charge in [0, 0.05) is 11.3 Å². The maximum Gasteiger partial charge on any atom is 0.152 e. The summed E-state index contributed by atoms with van der Waals surface area (Å²) in [5.74, 6) is -0.304. The largest absolute Gasteiger partial charge is 0.288 e. The molecule has 0 aliphatic rings. The Morgan fingerprint density at radius 1 is 1.16 bits per heavy atom. The Morgan fingerprint density at radius 2 is 1.89 bits per heavy atom. The van der Waals surface area contributed by atoms with Gasteiger partial charge in [0.2, 0.25) is 0 Å². The molecule has 0 amide bonds. The molecule has 0 aliphatic carbocycles. The molecule has 4 heteroatoms. The van der Waals surface area contributed by atoms with Gasteiger partial charge in [0.1, 0.15) is 23.2 Å². The molecule has 0 atom stereocenters. The first-order valence-electron chi connectivity index (χ1n) is 5.85. The minimum atomic E-state index is -0.304. The second kappa shape index (κ2) is 4.21. The highest BCUT2D eigenvalue weighted by atomic mass is 19.1. The van der Waals surface area contributed by atoms with Crippen LogP contribution in [0.1, 0.15) is 11.4 Å². The van der Waals surface area contributed by atoms with E-state index < -0.39 is 0 Å². The lowest BCUT2D eigenvalue weighted by atomic mass is 10.1. The Bertz CT molecular complexity index is 795. The molecule has 19 heavy (non-hydrogen) atoms. The van der Waals surface area contributed by atoms with Gasteiger partial charge in [-0.2, -0.15) is 5.26 Å². The maximum atomic E-state index is 13.0. The van der Waals surface area contributed by atoms with E-state index in [9.17, 15) is 9.65 Å². The van der Waals surface area contributed by atoms with Crippen LogP contribution in [-0.2, 0) is 0 Å². The van der Waals surface area contributed by atoms with Gasteiger partial charge in [0.15, 0.2) is 5.69 Å². The molecule has 0 bridgehead atoms. The number of benzene rings is 1. The average molecular weight is 251 g/mol. The summed E-state index contributed by atoms with van der Waals surface area (Å²) >= 11 is 0. The zero-order chi connectivity index (χ0) is 13.4. The molecule has 0 saturated heterocycles. The summed E-state index contributed by atoms with van der Waals surface area (Å²) in [5, 5.41) is 9.36. The number of aromatic nitrogens is 2. The van der Waals surface area contributed by atoms with Gasteiger partial charge in [-0.15, -0.1) is 0 Å². The standard InChI is InChI=1S/C15H10FN3/c1-10-3-2-4-14-18-15(13(9-17)19(10)14)11-5-7-12(16)8-6-11/h2-8H,1H3. The highest BCUT2D eigenvalue weighted by Gasteiger charge is 2.14. The Morgan fingerprint density at radius 3 is 2.58 bits per heavy atom. The molecule has 0 spiro atoms. The number of rotatable bonds is 1. The van der Waals surface area contributed by atoms with Crippen molar-refractivity contribution in [1.82, 2.24) is 9.38 Å². The summed E-state index contributed by atoms with van der Waals surface area (Å²) in [4.78, 5) is 4.46. The fourth-order valence-electron chi connectivity index (χ4n) is 2.17. The molecule has 2 heterocycles. The summed E-state index contributed by atoms with van der Waals surface area (Å²) in [5.41, 5.74) is 3.45. The number of nitrogens with zero attached hydrogens (tertiary/aromatic N) is 3. The quantitative estimate of drug-likeness (QED) is 0.665. The van der Waals surface area contributed by atoms with Crippen LogP contribution in [0.4, 0.5) is 4.39 Å². The first-order valence-corrected chi connectivity index (χ1v) is 5.85. The summed E-state index contributed by atoms with van der Waals surface area (Å²) in [7, 11) is 0. The van der Waals surface area contributed by atoms with Crippen LogP contribution in [0.5, 0.6) is 0 Å². The van der Waals surface area contributed by atoms with Gasteiger partial charge < -0.3 is 0 Å². The molecule has 1 aromatic carbocycles. The van der Waals surface area contributed by atoms with Crippen LogP contribution in [-0.4, -0.2) is 9.38 Å². The fraction of sp³-hybridized carbons (Fsp3) is 0.0667. The predicted molar refractivity (Wildman–Crippen MR) is 70.0 cm³/mol. The molecule has 0 saturated carbocycles. The van der Waals surface area contributed by atoms with Crippen LogP contribution in [0, 0.1) is 24.1 Å². The van der Waals surface area contributed by atoms with Gasteiger partial charge in [0.05, 0.1) is 0 Å². The van der Waals surface area contributed by atoms with Crippen molar-refractivity contribution < 1.29 is 4.39 Å². The number of hydrogen-bond acceptors (Lipinski definition) is 2. The third-order valence-corrected chi connectivity index (χ3v) is 3.06. The Kier molecular flexibility index (Phi) is 2.53. The van der Waals surface area contributed by atoms with E-state index in [1.165, 1.54) is 12.1 Å². The first kappa shape index (κ1) is 11.4. The monoisotopic (exact) mass is 251 g/mol. The summed E-state index contributed by atoms with van der Waals surface area (Å²) < 4.78 is 14.8. The SMILES string of the molecule is Cc1cccc2nc(-c3ccc(F)cc3)c(C#N)n12. The number of fused-ring (bicyclic) bond motifs is 1. The summed E-state index contributed by atoms with van der Waals surface area (Å²) in [6.45, 7) is 1.92. The van der Waals surface area contributed by atoms with Crippen molar-refractivity contribution in [1.29, 1.82) is 5.26 Å². The molecular formula is C15H10FN3. The van der Waals surface area contributed by atoms with E-state index in [1.807, 2.05) is 25.1 Å². The van der Waals surface area contributed by atoms with E-state index in [0.29, 0.717) is 11.4 Å². The van der Waals surface area contributed by atoms with Crippen LogP contribution in [0.3, 0.4) is 0 Å². The summed E-state index contributed by atoms with van der Waals surface area (Å²) in [6.07, 6.45) is 0. The van der Waals surface area contributed by atoms with Crippen molar-refractivity contribution in [2.75, 3.05) is 0 Å². The molecule has 3 aromatic rings. The van der Waals surface area contributed by atoms with Crippen molar-refractivity contribution in [2.24, 2.45) is 0 Å². The normalized spacial score (nSPS) is 10.6. The van der Waals surface area contributed by atoms with Crippen LogP contribution >= 0.6 is 0 Å². The Labute approximate surface area is 109 Å². The van der Waals surface area contributed by atoms with Crippen molar-refractivity contribution in [3.63, 3.8) is 0 Å². The van der Waals surface area contributed by atoms with Gasteiger partial charge in [-0.25, -0.2) is 9.37 Å². The summed E-state index contributed by atoms with van der Waals surface area (Å²) in [6, 6.07) is 13.8. The highest BCUT2D eigenvalue weighted by molar-refractivity contribution is 5.69. The number of pyridine rings is 1. The minimum Gasteiger partial charge on any atom is -0.288 e. The number of hydrogen-bond donors (Lipinski definition) is 0. The van der Waals surface area contributed by atoms with Gasteiger partial charge >= 0.3 is 0 Å². The second-order valence-corrected chi connectivity index (χ2v) is 4.29. The molecule has 92 valence electrons. The first-order chi connectivity index (χ1) is 9.20. The lowest BCUT2D eigenvalue weighted by Gasteiger charge is -2.00. The highest BCUT2D eigenvalue weighted by Crippen LogP contribution is 2.25. The topological polar surface area (TPSA) is 41.1 Å². The van der Waals surface area contributed by atoms with Gasteiger partial charge in [-0.3, -0.25) is 4.40 Å². The number of halogens is 1. The van der Waals surface area contributed by atoms with E-state index >= 15 is 0 Å². The van der Waals surface area contributed by atoms with Gasteiger partial charge in [-0.05, 0) is 43.3 Å². The van der Waals surface area contributed by atoms with Crippen molar-refractivity contribution >= 4 is 5.65 Å². The second-order valence-electron chi connectivity index (χ2n) is 4.29.